The molecule has 6 nitrogen and oxygen atoms in total. The summed E-state index contributed by atoms with van der Waals surface area (Å²) in [6.45, 7) is 2.26. The lowest BCUT2D eigenvalue weighted by Crippen LogP contribution is -2.25. The van der Waals surface area contributed by atoms with Crippen LogP contribution in [0.3, 0.4) is 0 Å². The van der Waals surface area contributed by atoms with Crippen LogP contribution in [-0.4, -0.2) is 34.7 Å². The second kappa shape index (κ2) is 4.93. The van der Waals surface area contributed by atoms with Crippen molar-refractivity contribution in [1.82, 2.24) is 5.32 Å². The molecule has 3 N–H and O–H groups in total. The lowest BCUT2D eigenvalue weighted by Gasteiger charge is -2.04. The van der Waals surface area contributed by atoms with E-state index in [1.54, 1.807) is 0 Å². The van der Waals surface area contributed by atoms with E-state index >= 15 is 0 Å². The minimum atomic E-state index is -3.29. The highest BCUT2D eigenvalue weighted by Crippen LogP contribution is 2.34. The third-order valence-electron chi connectivity index (χ3n) is 1.18. The van der Waals surface area contributed by atoms with Crippen molar-refractivity contribution in [3.63, 3.8) is 0 Å². The summed E-state index contributed by atoms with van der Waals surface area (Å²) in [6, 6.07) is 0. The molecule has 80 valence electrons. The smallest absolute Gasteiger partial charge is 0.352 e. The Morgan fingerprint density at radius 3 is 2.29 bits per heavy atom. The van der Waals surface area contributed by atoms with Gasteiger partial charge in [0.2, 0.25) is 13.3 Å². The van der Waals surface area contributed by atoms with Crippen LogP contribution in [0.2, 0.25) is 0 Å². The molecule has 0 bridgehead atoms. The summed E-state index contributed by atoms with van der Waals surface area (Å²) in [6.07, 6.45) is 0.736. The number of hydrogen-bond donors (Lipinski definition) is 3. The van der Waals surface area contributed by atoms with Gasteiger partial charge in [0, 0.05) is 19.8 Å². The molecule has 1 atom stereocenters. The minimum Gasteiger partial charge on any atom is -0.477 e. The van der Waals surface area contributed by atoms with Crippen LogP contribution in [0, 0.1) is 0 Å². The maximum absolute atomic E-state index is 10.8. The Hall–Kier alpha value is -1.13. The molecule has 0 aliphatic heterocycles. The summed E-state index contributed by atoms with van der Waals surface area (Å²) in [5.41, 5.74) is -0.381. The van der Waals surface area contributed by atoms with Crippen molar-refractivity contribution in [3.8, 4) is 0 Å². The maximum Gasteiger partial charge on any atom is 0.352 e. The van der Waals surface area contributed by atoms with E-state index in [0.29, 0.717) is 0 Å². The second-order valence-corrected chi connectivity index (χ2v) is 5.30. The monoisotopic (exact) mass is 221 g/mol. The van der Waals surface area contributed by atoms with E-state index in [1.165, 1.54) is 0 Å². The number of hydrogen-bond acceptors (Lipinski definition) is 3. The molecule has 0 aliphatic rings. The van der Waals surface area contributed by atoms with E-state index in [0.717, 1.165) is 19.7 Å². The second-order valence-electron chi connectivity index (χ2n) is 2.84. The molecule has 0 radical (unpaired) electrons. The zero-order valence-corrected chi connectivity index (χ0v) is 8.75. The van der Waals surface area contributed by atoms with Crippen LogP contribution in [0.1, 0.15) is 6.92 Å². The van der Waals surface area contributed by atoms with Crippen molar-refractivity contribution < 1.29 is 24.2 Å². The van der Waals surface area contributed by atoms with Crippen molar-refractivity contribution in [2.75, 3.05) is 12.8 Å². The first-order chi connectivity index (χ1) is 6.22. The first kappa shape index (κ1) is 12.9. The van der Waals surface area contributed by atoms with Crippen LogP contribution in [0.4, 0.5) is 0 Å². The van der Waals surface area contributed by atoms with Crippen LogP contribution in [0.15, 0.2) is 11.8 Å². The van der Waals surface area contributed by atoms with Gasteiger partial charge < -0.3 is 15.3 Å². The Morgan fingerprint density at radius 2 is 2.00 bits per heavy atom. The average molecular weight is 221 g/mol. The highest BCUT2D eigenvalue weighted by Gasteiger charge is 2.12. The molecule has 0 heterocycles. The Morgan fingerprint density at radius 1 is 1.50 bits per heavy atom. The molecular formula is C7H12NO5P. The summed E-state index contributed by atoms with van der Waals surface area (Å²) in [4.78, 5) is 29.9. The Bertz CT molecular complexity index is 316. The van der Waals surface area contributed by atoms with Gasteiger partial charge in [0.1, 0.15) is 5.70 Å². The quantitative estimate of drug-likeness (QED) is 0.457. The van der Waals surface area contributed by atoms with Crippen LogP contribution < -0.4 is 5.32 Å². The predicted octanol–water partition coefficient (Wildman–Crippen LogP) is -0.00880. The molecule has 0 aromatic heterocycles. The predicted molar refractivity (Wildman–Crippen MR) is 50.2 cm³/mol. The SMILES string of the molecule is CC(=O)N/C(=C\CP(C)(=O)O)C(=O)O. The van der Waals surface area contributed by atoms with Crippen molar-refractivity contribution in [2.24, 2.45) is 0 Å². The topological polar surface area (TPSA) is 104 Å². The molecule has 1 amide bonds. The number of carbonyl (C=O) groups excluding carboxylic acids is 1. The number of carboxylic acids is 1. The van der Waals surface area contributed by atoms with Gasteiger partial charge >= 0.3 is 5.97 Å². The molecule has 0 fully saturated rings. The van der Waals surface area contributed by atoms with Crippen molar-refractivity contribution >= 4 is 19.2 Å². The summed E-state index contributed by atoms with van der Waals surface area (Å²) in [7, 11) is -3.29. The van der Waals surface area contributed by atoms with Gasteiger partial charge in [-0.1, -0.05) is 0 Å². The van der Waals surface area contributed by atoms with E-state index in [9.17, 15) is 14.2 Å². The molecule has 7 heteroatoms. The number of nitrogens with one attached hydrogen (secondary N) is 1. The van der Waals surface area contributed by atoms with Gasteiger partial charge in [0.05, 0.1) is 0 Å². The standard InChI is InChI=1S/C7H12NO5P/c1-5(9)8-6(7(10)11)3-4-14(2,12)13/h3H,4H2,1-2H3,(H,8,9)(H,10,11)(H,12,13)/b6-3-. The summed E-state index contributed by atoms with van der Waals surface area (Å²) >= 11 is 0. The average Bonchev–Trinajstić information content (AvgIpc) is 1.94. The summed E-state index contributed by atoms with van der Waals surface area (Å²) in [5.74, 6) is -1.88. The number of amides is 1. The molecule has 0 rings (SSSR count). The van der Waals surface area contributed by atoms with Gasteiger partial charge in [-0.3, -0.25) is 9.36 Å². The summed E-state index contributed by atoms with van der Waals surface area (Å²) < 4.78 is 10.8. The van der Waals surface area contributed by atoms with Crippen molar-refractivity contribution in [2.45, 2.75) is 6.92 Å². The van der Waals surface area contributed by atoms with E-state index in [2.05, 4.69) is 0 Å². The molecule has 0 spiro atoms. The molecule has 1 unspecified atom stereocenters. The van der Waals surface area contributed by atoms with Crippen LogP contribution in [-0.2, 0) is 14.2 Å². The maximum atomic E-state index is 10.8. The fourth-order valence-corrected chi connectivity index (χ4v) is 1.16. The minimum absolute atomic E-state index is 0.283. The van der Waals surface area contributed by atoms with Gasteiger partial charge in [0.15, 0.2) is 0 Å². The first-order valence-corrected chi connectivity index (χ1v) is 6.02. The molecule has 14 heavy (non-hydrogen) atoms. The van der Waals surface area contributed by atoms with Crippen LogP contribution in [0.5, 0.6) is 0 Å². The highest BCUT2D eigenvalue weighted by molar-refractivity contribution is 7.57. The zero-order valence-electron chi connectivity index (χ0n) is 7.85. The number of allylic oxidation sites excluding steroid dienone is 1. The van der Waals surface area contributed by atoms with Gasteiger partial charge in [-0.25, -0.2) is 4.79 Å². The Labute approximate surface area is 81.1 Å². The van der Waals surface area contributed by atoms with E-state index in [4.69, 9.17) is 10.00 Å². The number of carboxylic acid groups (broad SMARTS) is 1. The number of aliphatic carboxylic acids is 1. The van der Waals surface area contributed by atoms with Crippen molar-refractivity contribution in [1.29, 1.82) is 0 Å². The third-order valence-corrected chi connectivity index (χ3v) is 2.04. The highest BCUT2D eigenvalue weighted by atomic mass is 31.2. The van der Waals surface area contributed by atoms with Crippen LogP contribution in [0.25, 0.3) is 0 Å². The Balaban J connectivity index is 4.58. The molecule has 0 aliphatic carbocycles. The zero-order chi connectivity index (χ0) is 11.4. The van der Waals surface area contributed by atoms with E-state index < -0.39 is 19.2 Å². The third kappa shape index (κ3) is 6.39. The molecule has 0 aromatic rings. The Kier molecular flexibility index (Phi) is 4.53. The first-order valence-electron chi connectivity index (χ1n) is 3.72. The normalized spacial score (nSPS) is 15.8. The molecular weight excluding hydrogens is 209 g/mol. The number of carbonyl (C=O) groups is 2. The summed E-state index contributed by atoms with van der Waals surface area (Å²) in [5, 5.41) is 10.6. The van der Waals surface area contributed by atoms with Gasteiger partial charge in [0.25, 0.3) is 0 Å². The lowest BCUT2D eigenvalue weighted by atomic mass is 10.4. The molecule has 0 aromatic carbocycles. The van der Waals surface area contributed by atoms with Gasteiger partial charge in [-0.15, -0.1) is 0 Å². The van der Waals surface area contributed by atoms with Crippen LogP contribution >= 0.6 is 7.37 Å². The molecule has 0 saturated heterocycles. The van der Waals surface area contributed by atoms with Gasteiger partial charge in [-0.05, 0) is 6.08 Å². The number of rotatable bonds is 4. The fraction of sp³-hybridized carbons (Fsp3) is 0.429. The van der Waals surface area contributed by atoms with Crippen molar-refractivity contribution in [3.05, 3.63) is 11.8 Å². The largest absolute Gasteiger partial charge is 0.477 e. The fourth-order valence-electron chi connectivity index (χ4n) is 0.642. The van der Waals surface area contributed by atoms with E-state index in [-0.39, 0.29) is 11.9 Å². The van der Waals surface area contributed by atoms with E-state index in [1.807, 2.05) is 5.32 Å². The lowest BCUT2D eigenvalue weighted by molar-refractivity contribution is -0.134. The van der Waals surface area contributed by atoms with Gasteiger partial charge in [-0.2, -0.15) is 0 Å². The molecule has 0 saturated carbocycles.